The maximum absolute atomic E-state index is 14.1. The van der Waals surface area contributed by atoms with Gasteiger partial charge in [-0.3, -0.25) is 18.9 Å². The number of pyridine rings is 1. The van der Waals surface area contributed by atoms with Crippen molar-refractivity contribution in [2.45, 2.75) is 58.5 Å². The Balaban J connectivity index is 1.30. The van der Waals surface area contributed by atoms with E-state index in [2.05, 4.69) is 22.0 Å². The zero-order chi connectivity index (χ0) is 30.5. The molecule has 226 valence electrons. The van der Waals surface area contributed by atoms with E-state index in [4.69, 9.17) is 19.0 Å². The Labute approximate surface area is 254 Å². The summed E-state index contributed by atoms with van der Waals surface area (Å²) < 4.78 is 17.9. The predicted octanol–water partition coefficient (Wildman–Crippen LogP) is 5.30. The molecule has 1 aliphatic heterocycles. The van der Waals surface area contributed by atoms with Crippen LogP contribution in [0.5, 0.6) is 5.88 Å². The maximum Gasteiger partial charge on any atom is 0.439 e. The topological polar surface area (TPSA) is 125 Å². The summed E-state index contributed by atoms with van der Waals surface area (Å²) in [5, 5.41) is 3.86. The lowest BCUT2D eigenvalue weighted by Gasteiger charge is -2.22. The molecule has 0 atom stereocenters. The molecule has 4 heterocycles. The maximum atomic E-state index is 14.1. The lowest BCUT2D eigenvalue weighted by Crippen LogP contribution is -2.29. The first-order valence-electron chi connectivity index (χ1n) is 15.1. The van der Waals surface area contributed by atoms with E-state index in [-0.39, 0.29) is 11.7 Å². The zero-order valence-electron chi connectivity index (χ0n) is 24.9. The second-order valence-electron chi connectivity index (χ2n) is 10.8. The van der Waals surface area contributed by atoms with Gasteiger partial charge in [0.05, 0.1) is 30.8 Å². The normalized spacial score (nSPS) is 13.7. The summed E-state index contributed by atoms with van der Waals surface area (Å²) in [5.41, 5.74) is 5.71. The summed E-state index contributed by atoms with van der Waals surface area (Å²) in [5.74, 6) is 1.02. The molecule has 1 aliphatic rings. The molecule has 0 bridgehead atoms. The minimum absolute atomic E-state index is 0.0791. The van der Waals surface area contributed by atoms with Crippen LogP contribution in [0.25, 0.3) is 28.2 Å². The van der Waals surface area contributed by atoms with Crippen molar-refractivity contribution >= 4 is 0 Å². The molecule has 0 saturated carbocycles. The summed E-state index contributed by atoms with van der Waals surface area (Å²) in [4.78, 5) is 37.8. The molecule has 10 heteroatoms. The first-order chi connectivity index (χ1) is 21.5. The number of nitrogens with zero attached hydrogens (tertiary/aromatic N) is 4. The van der Waals surface area contributed by atoms with E-state index >= 15 is 0 Å². The third-order valence-corrected chi connectivity index (χ3v) is 7.84. The van der Waals surface area contributed by atoms with Crippen LogP contribution in [0.3, 0.4) is 0 Å². The van der Waals surface area contributed by atoms with Crippen molar-refractivity contribution in [1.29, 1.82) is 0 Å². The van der Waals surface area contributed by atoms with E-state index < -0.39 is 5.76 Å². The van der Waals surface area contributed by atoms with Gasteiger partial charge in [-0.15, -0.1) is 0 Å². The van der Waals surface area contributed by atoms with Crippen LogP contribution >= 0.6 is 0 Å². The fraction of sp³-hybridized carbons (Fsp3) is 0.324. The monoisotopic (exact) mass is 593 g/mol. The van der Waals surface area contributed by atoms with Gasteiger partial charge in [-0.25, -0.2) is 14.8 Å². The Bertz CT molecular complexity index is 1830. The molecular weight excluding hydrogens is 558 g/mol. The Morgan fingerprint density at radius 1 is 0.977 bits per heavy atom. The third kappa shape index (κ3) is 6.26. The van der Waals surface area contributed by atoms with Gasteiger partial charge in [0.1, 0.15) is 11.9 Å². The predicted molar refractivity (Wildman–Crippen MR) is 166 cm³/mol. The molecule has 0 aliphatic carbocycles. The van der Waals surface area contributed by atoms with E-state index in [0.717, 1.165) is 53.6 Å². The average molecular weight is 594 g/mol. The van der Waals surface area contributed by atoms with E-state index in [1.807, 2.05) is 67.6 Å². The number of benzene rings is 2. The summed E-state index contributed by atoms with van der Waals surface area (Å²) in [7, 11) is 0. The number of rotatable bonds is 10. The molecule has 0 spiro atoms. The van der Waals surface area contributed by atoms with Gasteiger partial charge in [0.25, 0.3) is 5.56 Å². The number of H-pyrrole nitrogens is 1. The highest BCUT2D eigenvalue weighted by atomic mass is 16.5. The van der Waals surface area contributed by atoms with Gasteiger partial charge in [0.15, 0.2) is 5.82 Å². The molecule has 0 radical (unpaired) electrons. The average Bonchev–Trinajstić information content (AvgIpc) is 3.50. The van der Waals surface area contributed by atoms with Gasteiger partial charge in [-0.2, -0.15) is 0 Å². The highest BCUT2D eigenvalue weighted by Gasteiger charge is 2.19. The van der Waals surface area contributed by atoms with Gasteiger partial charge in [0.2, 0.25) is 5.88 Å². The standard InChI is InChI=1S/C34H35N5O5/c1-3-7-29-28(20-22-10-12-23(13-11-22)26-8-5-6-9-27(26)32-37-34(41)44-38-32)33(40)39(30(4-2)36-29)24-14-15-31(35-21-24)43-25-16-18-42-19-17-25/h5-6,8-15,21,25H,3-4,7,16-20H2,1-2H3,(H,37,38,41). The number of aromatic amines is 1. The SMILES string of the molecule is CCCc1nc(CC)n(-c2ccc(OC3CCOCC3)nc2)c(=O)c1Cc1ccc(-c2ccccc2-c2noc(=O)[nH]2)cc1. The Kier molecular flexibility index (Phi) is 8.79. The number of aromatic nitrogens is 5. The van der Waals surface area contributed by atoms with Gasteiger partial charge in [0, 0.05) is 42.9 Å². The second kappa shape index (κ2) is 13.2. The summed E-state index contributed by atoms with van der Waals surface area (Å²) in [6.45, 7) is 5.49. The van der Waals surface area contributed by atoms with E-state index in [1.54, 1.807) is 10.8 Å². The van der Waals surface area contributed by atoms with Crippen LogP contribution in [0.2, 0.25) is 0 Å². The van der Waals surface area contributed by atoms with Crippen molar-refractivity contribution in [2.75, 3.05) is 13.2 Å². The molecule has 3 aromatic heterocycles. The summed E-state index contributed by atoms with van der Waals surface area (Å²) in [6.07, 6.45) is 6.11. The number of ether oxygens (including phenoxy) is 2. The van der Waals surface area contributed by atoms with E-state index in [0.29, 0.717) is 54.8 Å². The molecule has 0 amide bonds. The largest absolute Gasteiger partial charge is 0.474 e. The minimum atomic E-state index is -0.601. The van der Waals surface area contributed by atoms with Crippen LogP contribution < -0.4 is 16.1 Å². The lowest BCUT2D eigenvalue weighted by atomic mass is 9.96. The fourth-order valence-electron chi connectivity index (χ4n) is 5.61. The zero-order valence-corrected chi connectivity index (χ0v) is 24.9. The van der Waals surface area contributed by atoms with Crippen LogP contribution in [0.4, 0.5) is 0 Å². The molecule has 6 rings (SSSR count). The third-order valence-electron chi connectivity index (χ3n) is 7.84. The highest BCUT2D eigenvalue weighted by Crippen LogP contribution is 2.30. The van der Waals surface area contributed by atoms with Crippen molar-refractivity contribution in [1.82, 2.24) is 24.7 Å². The molecule has 2 aromatic carbocycles. The van der Waals surface area contributed by atoms with Gasteiger partial charge in [-0.05, 0) is 29.2 Å². The Morgan fingerprint density at radius 3 is 2.41 bits per heavy atom. The van der Waals surface area contributed by atoms with Crippen molar-refractivity contribution in [3.05, 3.63) is 110 Å². The summed E-state index contributed by atoms with van der Waals surface area (Å²) >= 11 is 0. The molecule has 10 nitrogen and oxygen atoms in total. The number of hydrogen-bond acceptors (Lipinski definition) is 8. The van der Waals surface area contributed by atoms with Gasteiger partial charge in [-0.1, -0.05) is 74.0 Å². The smallest absolute Gasteiger partial charge is 0.439 e. The Morgan fingerprint density at radius 2 is 1.75 bits per heavy atom. The van der Waals surface area contributed by atoms with Crippen molar-refractivity contribution in [3.63, 3.8) is 0 Å². The van der Waals surface area contributed by atoms with Crippen molar-refractivity contribution in [2.24, 2.45) is 0 Å². The van der Waals surface area contributed by atoms with E-state index in [1.165, 1.54) is 0 Å². The minimum Gasteiger partial charge on any atom is -0.474 e. The van der Waals surface area contributed by atoms with Gasteiger partial charge < -0.3 is 9.47 Å². The van der Waals surface area contributed by atoms with Crippen LogP contribution in [-0.2, 0) is 24.0 Å². The lowest BCUT2D eigenvalue weighted by molar-refractivity contribution is 0.0237. The number of hydrogen-bond donors (Lipinski definition) is 1. The quantitative estimate of drug-likeness (QED) is 0.231. The first kappa shape index (κ1) is 29.3. The molecule has 1 N–H and O–H groups in total. The molecule has 1 fully saturated rings. The van der Waals surface area contributed by atoms with Crippen molar-refractivity contribution in [3.8, 4) is 34.1 Å². The second-order valence-corrected chi connectivity index (χ2v) is 10.8. The highest BCUT2D eigenvalue weighted by molar-refractivity contribution is 5.80. The first-order valence-corrected chi connectivity index (χ1v) is 15.1. The van der Waals surface area contributed by atoms with Crippen LogP contribution in [0.15, 0.2) is 81.0 Å². The number of aryl methyl sites for hydroxylation is 2. The van der Waals surface area contributed by atoms with E-state index in [9.17, 15) is 9.59 Å². The molecule has 1 saturated heterocycles. The Hall–Kier alpha value is -4.83. The van der Waals surface area contributed by atoms with Crippen LogP contribution in [-0.4, -0.2) is 44.0 Å². The molecule has 0 unspecified atom stereocenters. The van der Waals surface area contributed by atoms with Gasteiger partial charge >= 0.3 is 5.76 Å². The molecular formula is C34H35N5O5. The number of nitrogens with one attached hydrogen (secondary N) is 1. The van der Waals surface area contributed by atoms with Crippen molar-refractivity contribution < 1.29 is 14.0 Å². The molecule has 44 heavy (non-hydrogen) atoms. The van der Waals surface area contributed by atoms with Crippen LogP contribution in [0, 0.1) is 0 Å². The van der Waals surface area contributed by atoms with Crippen LogP contribution in [0.1, 0.15) is 55.8 Å². The fourth-order valence-corrected chi connectivity index (χ4v) is 5.61. The molecule has 5 aromatic rings. The summed E-state index contributed by atoms with van der Waals surface area (Å²) in [6, 6.07) is 19.4.